The maximum Gasteiger partial charge on any atom is 0.255 e. The normalized spacial score (nSPS) is 16.7. The van der Waals surface area contributed by atoms with E-state index in [-0.39, 0.29) is 17.4 Å². The summed E-state index contributed by atoms with van der Waals surface area (Å²) < 4.78 is 0. The molecule has 2 N–H and O–H groups in total. The predicted molar refractivity (Wildman–Crippen MR) is 106 cm³/mol. The van der Waals surface area contributed by atoms with Gasteiger partial charge in [-0.25, -0.2) is 0 Å². The zero-order valence-corrected chi connectivity index (χ0v) is 15.8. The van der Waals surface area contributed by atoms with Crippen LogP contribution >= 0.6 is 0 Å². The number of aromatic nitrogens is 1. The number of hydrogen-bond acceptors (Lipinski definition) is 3. The second kappa shape index (κ2) is 8.49. The summed E-state index contributed by atoms with van der Waals surface area (Å²) in [5.41, 5.74) is 0.658. The first-order valence-corrected chi connectivity index (χ1v) is 9.61. The third-order valence-electron chi connectivity index (χ3n) is 5.48. The highest BCUT2D eigenvalue weighted by Gasteiger charge is 2.29. The number of H-pyrrole nitrogens is 1. The molecule has 5 nitrogen and oxygen atoms in total. The Labute approximate surface area is 154 Å². The van der Waals surface area contributed by atoms with Gasteiger partial charge in [-0.05, 0) is 75.5 Å². The van der Waals surface area contributed by atoms with Crippen molar-refractivity contribution in [2.45, 2.75) is 38.5 Å². The molecular weight excluding hydrogens is 326 g/mol. The van der Waals surface area contributed by atoms with E-state index in [2.05, 4.69) is 29.3 Å². The van der Waals surface area contributed by atoms with E-state index >= 15 is 0 Å². The lowest BCUT2D eigenvalue weighted by atomic mass is 9.78. The van der Waals surface area contributed by atoms with Crippen LogP contribution in [0.3, 0.4) is 0 Å². The molecule has 1 heterocycles. The molecular formula is C21H29N3O2. The van der Waals surface area contributed by atoms with Crippen LogP contribution in [0.15, 0.2) is 35.3 Å². The molecule has 1 saturated carbocycles. The largest absolute Gasteiger partial charge is 0.329 e. The lowest BCUT2D eigenvalue weighted by molar-refractivity contribution is -0.122. The molecule has 1 atom stereocenters. The Morgan fingerprint density at radius 2 is 2.00 bits per heavy atom. The fourth-order valence-corrected chi connectivity index (χ4v) is 4.02. The molecule has 1 aromatic carbocycles. The second-order valence-electron chi connectivity index (χ2n) is 7.69. The first kappa shape index (κ1) is 18.6. The average Bonchev–Trinajstić information content (AvgIpc) is 2.62. The van der Waals surface area contributed by atoms with E-state index in [1.807, 2.05) is 18.2 Å². The highest BCUT2D eigenvalue weighted by Crippen LogP contribution is 2.33. The molecule has 0 spiro atoms. The molecule has 1 aliphatic carbocycles. The molecule has 26 heavy (non-hydrogen) atoms. The van der Waals surface area contributed by atoms with Crippen molar-refractivity contribution in [3.63, 3.8) is 0 Å². The van der Waals surface area contributed by atoms with Crippen LogP contribution in [0, 0.1) is 11.8 Å². The zero-order valence-electron chi connectivity index (χ0n) is 15.8. The van der Waals surface area contributed by atoms with E-state index in [0.717, 1.165) is 36.9 Å². The standard InChI is InChI=1S/C21H29N3O2/c1-24(2)13-11-19(15-6-4-3-5-7-15)21(26)23-17-8-9-18-16(14-17)10-12-22-20(18)25/h8-10,12,14-15,19H,3-7,11,13H2,1-2H3,(H,22,25)(H,23,26). The number of carbonyl (C=O) groups excluding carboxylic acids is 1. The summed E-state index contributed by atoms with van der Waals surface area (Å²) in [6.45, 7) is 0.918. The van der Waals surface area contributed by atoms with Crippen molar-refractivity contribution in [2.75, 3.05) is 26.0 Å². The maximum absolute atomic E-state index is 13.0. The first-order chi connectivity index (χ1) is 12.5. The van der Waals surface area contributed by atoms with Crippen LogP contribution in [0.1, 0.15) is 38.5 Å². The summed E-state index contributed by atoms with van der Waals surface area (Å²) in [6, 6.07) is 7.34. The lowest BCUT2D eigenvalue weighted by Crippen LogP contribution is -2.33. The summed E-state index contributed by atoms with van der Waals surface area (Å²) >= 11 is 0. The van der Waals surface area contributed by atoms with Gasteiger partial charge in [-0.2, -0.15) is 0 Å². The molecule has 1 amide bonds. The number of amides is 1. The van der Waals surface area contributed by atoms with Gasteiger partial charge in [0.25, 0.3) is 5.56 Å². The van der Waals surface area contributed by atoms with Gasteiger partial charge >= 0.3 is 0 Å². The van der Waals surface area contributed by atoms with Crippen LogP contribution in [-0.4, -0.2) is 36.4 Å². The van der Waals surface area contributed by atoms with Gasteiger partial charge in [-0.3, -0.25) is 9.59 Å². The smallest absolute Gasteiger partial charge is 0.255 e. The minimum Gasteiger partial charge on any atom is -0.329 e. The fraction of sp³-hybridized carbons (Fsp3) is 0.524. The topological polar surface area (TPSA) is 65.2 Å². The Hall–Kier alpha value is -2.14. The Morgan fingerprint density at radius 1 is 1.23 bits per heavy atom. The third-order valence-corrected chi connectivity index (χ3v) is 5.48. The van der Waals surface area contributed by atoms with Crippen molar-refractivity contribution in [3.05, 3.63) is 40.8 Å². The number of benzene rings is 1. The molecule has 0 bridgehead atoms. The molecule has 0 aliphatic heterocycles. The summed E-state index contributed by atoms with van der Waals surface area (Å²) in [7, 11) is 4.10. The Morgan fingerprint density at radius 3 is 2.73 bits per heavy atom. The number of anilines is 1. The quantitative estimate of drug-likeness (QED) is 0.832. The van der Waals surface area contributed by atoms with Crippen molar-refractivity contribution in [2.24, 2.45) is 11.8 Å². The predicted octanol–water partition coefficient (Wildman–Crippen LogP) is 3.61. The number of carbonyl (C=O) groups is 1. The number of hydrogen-bond donors (Lipinski definition) is 2. The van der Waals surface area contributed by atoms with E-state index in [0.29, 0.717) is 11.3 Å². The molecule has 1 aliphatic rings. The van der Waals surface area contributed by atoms with Crippen molar-refractivity contribution < 1.29 is 4.79 Å². The van der Waals surface area contributed by atoms with Gasteiger partial charge in [0.2, 0.25) is 5.91 Å². The average molecular weight is 355 g/mol. The van der Waals surface area contributed by atoms with Crippen molar-refractivity contribution >= 4 is 22.4 Å². The molecule has 2 aromatic rings. The van der Waals surface area contributed by atoms with Gasteiger partial charge in [-0.15, -0.1) is 0 Å². The van der Waals surface area contributed by atoms with Crippen LogP contribution in [0.5, 0.6) is 0 Å². The molecule has 140 valence electrons. The number of fused-ring (bicyclic) bond motifs is 1. The minimum absolute atomic E-state index is 0.0487. The van der Waals surface area contributed by atoms with E-state index in [9.17, 15) is 9.59 Å². The highest BCUT2D eigenvalue weighted by atomic mass is 16.2. The number of nitrogens with zero attached hydrogens (tertiary/aromatic N) is 1. The molecule has 3 rings (SSSR count). The van der Waals surface area contributed by atoms with E-state index in [1.54, 1.807) is 12.3 Å². The Balaban J connectivity index is 1.76. The summed E-state index contributed by atoms with van der Waals surface area (Å²) in [5, 5.41) is 4.59. The summed E-state index contributed by atoms with van der Waals surface area (Å²) in [5.74, 6) is 0.641. The minimum atomic E-state index is -0.105. The maximum atomic E-state index is 13.0. The third kappa shape index (κ3) is 4.52. The Kier molecular flexibility index (Phi) is 6.09. The van der Waals surface area contributed by atoms with Gasteiger partial charge in [0, 0.05) is 23.2 Å². The van der Waals surface area contributed by atoms with Crippen LogP contribution in [0.2, 0.25) is 0 Å². The SMILES string of the molecule is CN(C)CCC(C(=O)Nc1ccc2c(=O)[nH]ccc2c1)C1CCCCC1. The highest BCUT2D eigenvalue weighted by molar-refractivity contribution is 5.95. The van der Waals surface area contributed by atoms with E-state index < -0.39 is 0 Å². The van der Waals surface area contributed by atoms with Gasteiger partial charge < -0.3 is 15.2 Å². The molecule has 1 aromatic heterocycles. The molecule has 1 fully saturated rings. The first-order valence-electron chi connectivity index (χ1n) is 9.61. The number of aromatic amines is 1. The van der Waals surface area contributed by atoms with Crippen molar-refractivity contribution in [1.29, 1.82) is 0 Å². The van der Waals surface area contributed by atoms with Crippen LogP contribution in [0.25, 0.3) is 10.8 Å². The second-order valence-corrected chi connectivity index (χ2v) is 7.69. The van der Waals surface area contributed by atoms with Gasteiger partial charge in [0.15, 0.2) is 0 Å². The van der Waals surface area contributed by atoms with Gasteiger partial charge in [-0.1, -0.05) is 19.3 Å². The van der Waals surface area contributed by atoms with Crippen LogP contribution in [-0.2, 0) is 4.79 Å². The van der Waals surface area contributed by atoms with E-state index in [4.69, 9.17) is 0 Å². The summed E-state index contributed by atoms with van der Waals surface area (Å²) in [6.07, 6.45) is 8.58. The lowest BCUT2D eigenvalue weighted by Gasteiger charge is -2.30. The molecule has 0 radical (unpaired) electrons. The fourth-order valence-electron chi connectivity index (χ4n) is 4.02. The Bertz CT molecular complexity index is 806. The number of nitrogens with one attached hydrogen (secondary N) is 2. The molecule has 0 saturated heterocycles. The van der Waals surface area contributed by atoms with Crippen molar-refractivity contribution in [1.82, 2.24) is 9.88 Å². The van der Waals surface area contributed by atoms with Crippen molar-refractivity contribution in [3.8, 4) is 0 Å². The molecule has 5 heteroatoms. The summed E-state index contributed by atoms with van der Waals surface area (Å²) in [4.78, 5) is 29.7. The number of pyridine rings is 1. The zero-order chi connectivity index (χ0) is 18.5. The van der Waals surface area contributed by atoms with Gasteiger partial charge in [0.05, 0.1) is 0 Å². The number of rotatable bonds is 6. The van der Waals surface area contributed by atoms with Crippen LogP contribution in [0.4, 0.5) is 5.69 Å². The van der Waals surface area contributed by atoms with E-state index in [1.165, 1.54) is 19.3 Å². The monoisotopic (exact) mass is 355 g/mol. The van der Waals surface area contributed by atoms with Gasteiger partial charge in [0.1, 0.15) is 0 Å². The van der Waals surface area contributed by atoms with Crippen LogP contribution < -0.4 is 10.9 Å². The molecule has 1 unspecified atom stereocenters.